The number of rotatable bonds is 2. The highest BCUT2D eigenvalue weighted by Crippen LogP contribution is 2.35. The Morgan fingerprint density at radius 2 is 2.00 bits per heavy atom. The molecular weight excluding hydrogens is 212 g/mol. The molecule has 1 aromatic carbocycles. The Morgan fingerprint density at radius 1 is 1.21 bits per heavy atom. The zero-order valence-corrected chi connectivity index (χ0v) is 10.0. The smallest absolute Gasteiger partial charge is 0.0972 e. The molecule has 0 unspecified atom stereocenters. The molecule has 0 bridgehead atoms. The predicted octanol–water partition coefficient (Wildman–Crippen LogP) is 4.68. The van der Waals surface area contributed by atoms with Crippen molar-refractivity contribution in [2.75, 3.05) is 0 Å². The summed E-state index contributed by atoms with van der Waals surface area (Å²) >= 11 is 7.88. The maximum atomic E-state index is 6.18. The van der Waals surface area contributed by atoms with Crippen molar-refractivity contribution in [1.29, 1.82) is 0 Å². The lowest BCUT2D eigenvalue weighted by Gasteiger charge is -1.97. The van der Waals surface area contributed by atoms with Crippen LogP contribution >= 0.6 is 22.9 Å². The van der Waals surface area contributed by atoms with Crippen LogP contribution in [-0.2, 0) is 12.8 Å². The molecule has 14 heavy (non-hydrogen) atoms. The summed E-state index contributed by atoms with van der Waals surface area (Å²) in [7, 11) is 0. The van der Waals surface area contributed by atoms with Crippen molar-refractivity contribution in [3.8, 4) is 0 Å². The number of hydrogen-bond donors (Lipinski definition) is 0. The van der Waals surface area contributed by atoms with Gasteiger partial charge in [0.2, 0.25) is 0 Å². The molecule has 0 aliphatic rings. The average Bonchev–Trinajstić information content (AvgIpc) is 2.51. The normalized spacial score (nSPS) is 11.1. The van der Waals surface area contributed by atoms with Gasteiger partial charge in [0.25, 0.3) is 0 Å². The van der Waals surface area contributed by atoms with Crippen LogP contribution in [0, 0.1) is 0 Å². The number of fused-ring (bicyclic) bond motifs is 1. The van der Waals surface area contributed by atoms with Crippen molar-refractivity contribution < 1.29 is 0 Å². The SMILES string of the molecule is CCc1ccc2c(CC)c(Cl)sc2c1. The summed E-state index contributed by atoms with van der Waals surface area (Å²) < 4.78 is 2.28. The van der Waals surface area contributed by atoms with Crippen molar-refractivity contribution in [1.82, 2.24) is 0 Å². The van der Waals surface area contributed by atoms with Crippen LogP contribution in [0.25, 0.3) is 10.1 Å². The van der Waals surface area contributed by atoms with E-state index in [2.05, 4.69) is 32.0 Å². The molecule has 0 aliphatic heterocycles. The first-order valence-corrected chi connectivity index (χ1v) is 6.15. The molecule has 0 atom stereocenters. The van der Waals surface area contributed by atoms with Gasteiger partial charge >= 0.3 is 0 Å². The van der Waals surface area contributed by atoms with Crippen molar-refractivity contribution in [3.63, 3.8) is 0 Å². The Hall–Kier alpha value is -0.530. The third-order valence-electron chi connectivity index (χ3n) is 2.57. The van der Waals surface area contributed by atoms with Gasteiger partial charge < -0.3 is 0 Å². The maximum Gasteiger partial charge on any atom is 0.0972 e. The average molecular weight is 225 g/mol. The van der Waals surface area contributed by atoms with Crippen molar-refractivity contribution >= 4 is 33.0 Å². The zero-order valence-electron chi connectivity index (χ0n) is 8.43. The molecule has 2 heteroatoms. The van der Waals surface area contributed by atoms with E-state index < -0.39 is 0 Å². The van der Waals surface area contributed by atoms with Crippen LogP contribution in [0.5, 0.6) is 0 Å². The number of halogens is 1. The highest BCUT2D eigenvalue weighted by atomic mass is 35.5. The van der Waals surface area contributed by atoms with Gasteiger partial charge in [-0.25, -0.2) is 0 Å². The summed E-state index contributed by atoms with van der Waals surface area (Å²) in [6, 6.07) is 6.66. The Kier molecular flexibility index (Phi) is 2.80. The maximum absolute atomic E-state index is 6.18. The van der Waals surface area contributed by atoms with E-state index in [1.54, 1.807) is 11.3 Å². The number of benzene rings is 1. The molecule has 0 N–H and O–H groups in total. The van der Waals surface area contributed by atoms with Crippen molar-refractivity contribution in [2.45, 2.75) is 26.7 Å². The lowest BCUT2D eigenvalue weighted by Crippen LogP contribution is -1.80. The molecule has 0 aliphatic carbocycles. The van der Waals surface area contributed by atoms with Gasteiger partial charge in [-0.2, -0.15) is 0 Å². The Balaban J connectivity index is 2.68. The van der Waals surface area contributed by atoms with E-state index in [-0.39, 0.29) is 0 Å². The van der Waals surface area contributed by atoms with Gasteiger partial charge in [-0.05, 0) is 35.4 Å². The molecule has 1 aromatic heterocycles. The van der Waals surface area contributed by atoms with Crippen LogP contribution in [-0.4, -0.2) is 0 Å². The molecule has 2 aromatic rings. The molecule has 0 nitrogen and oxygen atoms in total. The van der Waals surface area contributed by atoms with Crippen LogP contribution in [0.2, 0.25) is 4.34 Å². The van der Waals surface area contributed by atoms with Gasteiger partial charge in [-0.1, -0.05) is 37.6 Å². The molecule has 0 saturated heterocycles. The van der Waals surface area contributed by atoms with Crippen molar-refractivity contribution in [2.24, 2.45) is 0 Å². The molecular formula is C12H13ClS. The second-order valence-corrected chi connectivity index (χ2v) is 5.05. The molecule has 0 spiro atoms. The minimum atomic E-state index is 0.954. The van der Waals surface area contributed by atoms with Gasteiger partial charge in [0.05, 0.1) is 4.34 Å². The van der Waals surface area contributed by atoms with E-state index in [4.69, 9.17) is 11.6 Å². The molecule has 74 valence electrons. The molecule has 0 radical (unpaired) electrons. The summed E-state index contributed by atoms with van der Waals surface area (Å²) in [4.78, 5) is 0. The quantitative estimate of drug-likeness (QED) is 0.695. The number of hydrogen-bond acceptors (Lipinski definition) is 1. The van der Waals surface area contributed by atoms with Crippen LogP contribution in [0.1, 0.15) is 25.0 Å². The van der Waals surface area contributed by atoms with Crippen LogP contribution in [0.15, 0.2) is 18.2 Å². The summed E-state index contributed by atoms with van der Waals surface area (Å²) in [5.41, 5.74) is 2.69. The summed E-state index contributed by atoms with van der Waals surface area (Å²) in [5.74, 6) is 0. The number of thiophene rings is 1. The predicted molar refractivity (Wildman–Crippen MR) is 65.6 cm³/mol. The third-order valence-corrected chi connectivity index (χ3v) is 4.01. The highest BCUT2D eigenvalue weighted by molar-refractivity contribution is 7.22. The Labute approximate surface area is 93.5 Å². The second-order valence-electron chi connectivity index (χ2n) is 3.39. The summed E-state index contributed by atoms with van der Waals surface area (Å²) in [5, 5.41) is 1.33. The van der Waals surface area contributed by atoms with E-state index in [1.165, 1.54) is 21.2 Å². The first kappa shape index (κ1) is 10.0. The number of aryl methyl sites for hydroxylation is 2. The fraction of sp³-hybridized carbons (Fsp3) is 0.333. The van der Waals surface area contributed by atoms with Gasteiger partial charge in [-0.3, -0.25) is 0 Å². The van der Waals surface area contributed by atoms with E-state index in [9.17, 15) is 0 Å². The zero-order chi connectivity index (χ0) is 10.1. The van der Waals surface area contributed by atoms with E-state index in [0.717, 1.165) is 17.2 Å². The van der Waals surface area contributed by atoms with Gasteiger partial charge in [0.15, 0.2) is 0 Å². The largest absolute Gasteiger partial charge is 0.123 e. The molecule has 0 saturated carbocycles. The van der Waals surface area contributed by atoms with Crippen molar-refractivity contribution in [3.05, 3.63) is 33.7 Å². The monoisotopic (exact) mass is 224 g/mol. The minimum absolute atomic E-state index is 0.954. The lowest BCUT2D eigenvalue weighted by molar-refractivity contribution is 1.14. The highest BCUT2D eigenvalue weighted by Gasteiger charge is 2.08. The Bertz CT molecular complexity index is 457. The topological polar surface area (TPSA) is 0 Å². The molecule has 1 heterocycles. The Morgan fingerprint density at radius 3 is 2.64 bits per heavy atom. The molecule has 0 amide bonds. The van der Waals surface area contributed by atoms with E-state index >= 15 is 0 Å². The van der Waals surface area contributed by atoms with E-state index in [1.807, 2.05) is 0 Å². The minimum Gasteiger partial charge on any atom is -0.123 e. The van der Waals surface area contributed by atoms with Crippen LogP contribution < -0.4 is 0 Å². The third kappa shape index (κ3) is 1.55. The summed E-state index contributed by atoms with van der Waals surface area (Å²) in [6.45, 7) is 4.33. The van der Waals surface area contributed by atoms with E-state index in [0.29, 0.717) is 0 Å². The lowest BCUT2D eigenvalue weighted by atomic mass is 10.1. The van der Waals surface area contributed by atoms with Gasteiger partial charge in [-0.15, -0.1) is 11.3 Å². The molecule has 2 rings (SSSR count). The fourth-order valence-corrected chi connectivity index (χ4v) is 3.28. The molecule has 0 fully saturated rings. The first-order valence-electron chi connectivity index (χ1n) is 4.96. The van der Waals surface area contributed by atoms with Crippen LogP contribution in [0.3, 0.4) is 0 Å². The van der Waals surface area contributed by atoms with Gasteiger partial charge in [0, 0.05) is 4.70 Å². The summed E-state index contributed by atoms with van der Waals surface area (Å²) in [6.07, 6.45) is 2.11. The second kappa shape index (κ2) is 3.92. The van der Waals surface area contributed by atoms with Gasteiger partial charge in [0.1, 0.15) is 0 Å². The standard InChI is InChI=1S/C12H13ClS/c1-3-8-5-6-10-9(4-2)12(13)14-11(10)7-8/h5-7H,3-4H2,1-2H3. The fourth-order valence-electron chi connectivity index (χ4n) is 1.71. The first-order chi connectivity index (χ1) is 6.76. The van der Waals surface area contributed by atoms with Crippen LogP contribution in [0.4, 0.5) is 0 Å².